The molecule has 0 bridgehead atoms. The predicted octanol–water partition coefficient (Wildman–Crippen LogP) is 6.71. The van der Waals surface area contributed by atoms with Gasteiger partial charge in [-0.25, -0.2) is 0 Å². The van der Waals surface area contributed by atoms with Gasteiger partial charge in [0, 0.05) is 10.8 Å². The molecule has 1 aliphatic rings. The molecule has 5 aromatic rings. The summed E-state index contributed by atoms with van der Waals surface area (Å²) in [6.07, 6.45) is 0. The molecule has 0 radical (unpaired) electrons. The summed E-state index contributed by atoms with van der Waals surface area (Å²) < 4.78 is 18.5. The molecule has 158 valence electrons. The maximum absolute atomic E-state index is 6.21. The van der Waals surface area contributed by atoms with Crippen molar-refractivity contribution < 1.29 is 13.7 Å². The molecule has 0 aliphatic carbocycles. The minimum Gasteiger partial charge on any atom is -0.456 e. The van der Waals surface area contributed by atoms with Crippen LogP contribution in [0.1, 0.15) is 27.7 Å². The molecule has 0 saturated carbocycles. The van der Waals surface area contributed by atoms with Crippen LogP contribution in [0.4, 0.5) is 0 Å². The number of furan rings is 1. The van der Waals surface area contributed by atoms with Crippen molar-refractivity contribution in [3.05, 3.63) is 78.9 Å². The highest BCUT2D eigenvalue weighted by atomic mass is 16.7. The Morgan fingerprint density at radius 2 is 1.34 bits per heavy atom. The maximum Gasteiger partial charge on any atom is 0.494 e. The van der Waals surface area contributed by atoms with E-state index in [9.17, 15) is 0 Å². The highest BCUT2D eigenvalue weighted by molar-refractivity contribution is 6.62. The molecular formula is C28H25BO3. The van der Waals surface area contributed by atoms with E-state index < -0.39 is 0 Å². The van der Waals surface area contributed by atoms with Crippen molar-refractivity contribution in [1.29, 1.82) is 0 Å². The molecule has 6 rings (SSSR count). The molecule has 1 fully saturated rings. The van der Waals surface area contributed by atoms with Gasteiger partial charge in [0.25, 0.3) is 0 Å². The smallest absolute Gasteiger partial charge is 0.456 e. The number of fused-ring (bicyclic) bond motifs is 4. The van der Waals surface area contributed by atoms with E-state index in [-0.39, 0.29) is 18.3 Å². The second-order valence-electron chi connectivity index (χ2n) is 9.68. The number of hydrogen-bond donors (Lipinski definition) is 0. The standard InChI is InChI=1S/C28H25BO3/c1-27(2)28(3,4)32-29(31-27)20-14-12-18(13-15-20)21-10-7-8-19-16-26-24(17-23(19)21)22-9-5-6-11-25(22)30-26/h5-17H,1-4H3. The lowest BCUT2D eigenvalue weighted by Gasteiger charge is -2.32. The molecule has 3 nitrogen and oxygen atoms in total. The first kappa shape index (κ1) is 19.6. The van der Waals surface area contributed by atoms with Crippen LogP contribution in [-0.4, -0.2) is 18.3 Å². The molecule has 0 N–H and O–H groups in total. The predicted molar refractivity (Wildman–Crippen MR) is 132 cm³/mol. The van der Waals surface area contributed by atoms with Crippen molar-refractivity contribution in [2.45, 2.75) is 38.9 Å². The van der Waals surface area contributed by atoms with Gasteiger partial charge in [-0.3, -0.25) is 0 Å². The van der Waals surface area contributed by atoms with Gasteiger partial charge in [0.2, 0.25) is 0 Å². The van der Waals surface area contributed by atoms with E-state index in [1.807, 2.05) is 12.1 Å². The van der Waals surface area contributed by atoms with E-state index in [0.717, 1.165) is 27.4 Å². The van der Waals surface area contributed by atoms with E-state index in [2.05, 4.69) is 94.4 Å². The van der Waals surface area contributed by atoms with Crippen LogP contribution in [0.15, 0.2) is 83.3 Å². The zero-order chi connectivity index (χ0) is 22.1. The average molecular weight is 420 g/mol. The fraction of sp³-hybridized carbons (Fsp3) is 0.214. The van der Waals surface area contributed by atoms with Crippen molar-refractivity contribution in [1.82, 2.24) is 0 Å². The molecule has 1 aliphatic heterocycles. The highest BCUT2D eigenvalue weighted by Gasteiger charge is 2.51. The van der Waals surface area contributed by atoms with Crippen LogP contribution in [-0.2, 0) is 9.31 Å². The zero-order valence-electron chi connectivity index (χ0n) is 18.8. The molecule has 4 aromatic carbocycles. The monoisotopic (exact) mass is 420 g/mol. The largest absolute Gasteiger partial charge is 0.494 e. The molecule has 0 amide bonds. The minimum absolute atomic E-state index is 0.343. The number of rotatable bonds is 2. The van der Waals surface area contributed by atoms with E-state index in [4.69, 9.17) is 13.7 Å². The van der Waals surface area contributed by atoms with Crippen molar-refractivity contribution in [2.75, 3.05) is 0 Å². The maximum atomic E-state index is 6.21. The first-order valence-electron chi connectivity index (χ1n) is 11.1. The molecule has 0 spiro atoms. The second-order valence-corrected chi connectivity index (χ2v) is 9.68. The van der Waals surface area contributed by atoms with E-state index in [1.54, 1.807) is 0 Å². The first-order chi connectivity index (χ1) is 15.3. The molecule has 0 unspecified atom stereocenters. The minimum atomic E-state index is -0.349. The third kappa shape index (κ3) is 2.91. The van der Waals surface area contributed by atoms with Crippen LogP contribution < -0.4 is 5.46 Å². The fourth-order valence-corrected chi connectivity index (χ4v) is 4.55. The van der Waals surface area contributed by atoms with Crippen molar-refractivity contribution in [2.24, 2.45) is 0 Å². The fourth-order valence-electron chi connectivity index (χ4n) is 4.55. The molecule has 2 heterocycles. The van der Waals surface area contributed by atoms with Crippen LogP contribution in [0.3, 0.4) is 0 Å². The molecule has 1 saturated heterocycles. The molecule has 0 atom stereocenters. The van der Waals surface area contributed by atoms with E-state index in [1.165, 1.54) is 21.9 Å². The Morgan fingerprint density at radius 1 is 0.625 bits per heavy atom. The van der Waals surface area contributed by atoms with E-state index in [0.29, 0.717) is 0 Å². The van der Waals surface area contributed by atoms with Gasteiger partial charge < -0.3 is 13.7 Å². The Hall–Kier alpha value is -3.08. The van der Waals surface area contributed by atoms with Crippen molar-refractivity contribution >= 4 is 45.3 Å². The third-order valence-electron chi connectivity index (χ3n) is 7.12. The van der Waals surface area contributed by atoms with Crippen LogP contribution in [0.2, 0.25) is 0 Å². The van der Waals surface area contributed by atoms with Gasteiger partial charge in [0.15, 0.2) is 0 Å². The lowest BCUT2D eigenvalue weighted by Crippen LogP contribution is -2.41. The number of hydrogen-bond acceptors (Lipinski definition) is 3. The topological polar surface area (TPSA) is 31.6 Å². The average Bonchev–Trinajstić information content (AvgIpc) is 3.24. The zero-order valence-corrected chi connectivity index (χ0v) is 18.8. The van der Waals surface area contributed by atoms with Crippen molar-refractivity contribution in [3.8, 4) is 11.1 Å². The number of benzene rings is 4. The molecule has 32 heavy (non-hydrogen) atoms. The Balaban J connectivity index is 1.43. The van der Waals surface area contributed by atoms with Crippen LogP contribution in [0, 0.1) is 0 Å². The van der Waals surface area contributed by atoms with Gasteiger partial charge in [-0.15, -0.1) is 0 Å². The SMILES string of the molecule is CC1(C)OB(c2ccc(-c3cccc4cc5oc6ccccc6c5cc34)cc2)OC1(C)C. The van der Waals surface area contributed by atoms with Gasteiger partial charge in [-0.1, -0.05) is 60.7 Å². The molecular weight excluding hydrogens is 395 g/mol. The third-order valence-corrected chi connectivity index (χ3v) is 7.12. The van der Waals surface area contributed by atoms with E-state index >= 15 is 0 Å². The van der Waals surface area contributed by atoms with Gasteiger partial charge >= 0.3 is 7.12 Å². The van der Waals surface area contributed by atoms with Gasteiger partial charge in [0.05, 0.1) is 11.2 Å². The van der Waals surface area contributed by atoms with Crippen molar-refractivity contribution in [3.63, 3.8) is 0 Å². The van der Waals surface area contributed by atoms with Crippen LogP contribution in [0.25, 0.3) is 43.8 Å². The summed E-state index contributed by atoms with van der Waals surface area (Å²) in [5.74, 6) is 0. The molecule has 1 aromatic heterocycles. The summed E-state index contributed by atoms with van der Waals surface area (Å²) in [5, 5.41) is 4.68. The summed E-state index contributed by atoms with van der Waals surface area (Å²) in [6, 6.07) is 27.6. The van der Waals surface area contributed by atoms with Gasteiger partial charge in [-0.05, 0) is 73.3 Å². The normalized spacial score (nSPS) is 17.6. The molecule has 4 heteroatoms. The lowest BCUT2D eigenvalue weighted by atomic mass is 9.78. The van der Waals surface area contributed by atoms with Crippen LogP contribution in [0.5, 0.6) is 0 Å². The second kappa shape index (κ2) is 6.71. The van der Waals surface area contributed by atoms with Gasteiger partial charge in [-0.2, -0.15) is 0 Å². The summed E-state index contributed by atoms with van der Waals surface area (Å²) >= 11 is 0. The summed E-state index contributed by atoms with van der Waals surface area (Å²) in [6.45, 7) is 8.32. The first-order valence-corrected chi connectivity index (χ1v) is 11.1. The van der Waals surface area contributed by atoms with Crippen LogP contribution >= 0.6 is 0 Å². The Kier molecular flexibility index (Phi) is 4.11. The Bertz CT molecular complexity index is 1460. The highest BCUT2D eigenvalue weighted by Crippen LogP contribution is 2.38. The van der Waals surface area contributed by atoms with Gasteiger partial charge in [0.1, 0.15) is 11.2 Å². The Labute approximate surface area is 188 Å². The quantitative estimate of drug-likeness (QED) is 0.298. The number of para-hydroxylation sites is 1. The summed E-state index contributed by atoms with van der Waals surface area (Å²) in [4.78, 5) is 0. The summed E-state index contributed by atoms with van der Waals surface area (Å²) in [5.41, 5.74) is 4.57. The Morgan fingerprint density at radius 3 is 2.09 bits per heavy atom. The summed E-state index contributed by atoms with van der Waals surface area (Å²) in [7, 11) is -0.349. The lowest BCUT2D eigenvalue weighted by molar-refractivity contribution is 0.00578.